The van der Waals surface area contributed by atoms with Gasteiger partial charge in [0.1, 0.15) is 24.7 Å². The summed E-state index contributed by atoms with van der Waals surface area (Å²) in [6.45, 7) is 3.12. The minimum Gasteiger partial charge on any atom is -0.454 e. The number of benzene rings is 4. The van der Waals surface area contributed by atoms with E-state index < -0.39 is 0 Å². The maximum atomic E-state index is 12.5. The second-order valence-electron chi connectivity index (χ2n) is 11.7. The van der Waals surface area contributed by atoms with Gasteiger partial charge < -0.3 is 24.7 Å². The van der Waals surface area contributed by atoms with E-state index in [1.165, 1.54) is 5.56 Å². The smallest absolute Gasteiger partial charge is 0.288 e. The molecule has 0 bridgehead atoms. The highest BCUT2D eigenvalue weighted by atomic mass is 35.5. The number of rotatable bonds is 8. The van der Waals surface area contributed by atoms with Crippen LogP contribution >= 0.6 is 11.6 Å². The molecule has 51 heavy (non-hydrogen) atoms. The molecule has 0 atom stereocenters. The number of aromatic nitrogens is 6. The zero-order valence-electron chi connectivity index (χ0n) is 27.3. The van der Waals surface area contributed by atoms with Crippen molar-refractivity contribution in [2.24, 2.45) is 0 Å². The van der Waals surface area contributed by atoms with E-state index in [4.69, 9.17) is 21.1 Å². The lowest BCUT2D eigenvalue weighted by Crippen LogP contribution is -2.28. The van der Waals surface area contributed by atoms with Crippen LogP contribution in [-0.4, -0.2) is 48.1 Å². The van der Waals surface area contributed by atoms with Crippen molar-refractivity contribution in [2.75, 3.05) is 6.79 Å². The van der Waals surface area contributed by atoms with Crippen molar-refractivity contribution >= 4 is 45.2 Å². The number of ether oxygens (including phenoxy) is 2. The lowest BCUT2D eigenvalue weighted by Gasteiger charge is -2.09. The molecule has 3 aromatic heterocycles. The van der Waals surface area contributed by atoms with Gasteiger partial charge in [-0.1, -0.05) is 65.7 Å². The summed E-state index contributed by atoms with van der Waals surface area (Å²) in [6.07, 6.45) is 4.73. The highest BCUT2D eigenvalue weighted by Crippen LogP contribution is 2.32. The molecule has 13 nitrogen and oxygen atoms in total. The Morgan fingerprint density at radius 3 is 2.43 bits per heavy atom. The lowest BCUT2D eigenvalue weighted by molar-refractivity contribution is -0.121. The van der Waals surface area contributed by atoms with E-state index in [1.54, 1.807) is 46.2 Å². The fraction of sp³-hybridized carbons (Fsp3) is 0.135. The minimum atomic E-state index is -0.301. The van der Waals surface area contributed by atoms with Gasteiger partial charge in [0.05, 0.1) is 16.8 Å². The molecule has 7 aromatic rings. The van der Waals surface area contributed by atoms with E-state index >= 15 is 0 Å². The Balaban J connectivity index is 0.000000159. The maximum Gasteiger partial charge on any atom is 0.288 e. The number of carbonyl (C=O) groups is 2. The number of H-pyrrole nitrogens is 1. The molecule has 2 amide bonds. The summed E-state index contributed by atoms with van der Waals surface area (Å²) in [4.78, 5) is 37.3. The molecular weight excluding hydrogens is 672 g/mol. The topological polar surface area (TPSA) is 158 Å². The molecule has 0 saturated heterocycles. The molecule has 1 aliphatic rings. The number of aryl methyl sites for hydroxylation is 1. The summed E-state index contributed by atoms with van der Waals surface area (Å²) >= 11 is 6.17. The summed E-state index contributed by atoms with van der Waals surface area (Å²) in [6, 6.07) is 26.4. The standard InChI is InChI=1S/C20H18N4O2.C17H13ClN4O3/c1-13-6-8-14(9-7-13)10-21-18(25)12-24-17-5-3-2-4-15(17)16-11-22-23-20(26)19(16)24;18-14-3-2-12(22-8-20-21-9-22)6-13(14)17(23)19-7-11-1-4-15-16(5-11)25-10-24-15/h2-9,11H,10,12H2,1H3,(H,21,25)(H,23,26);1-6,8-9H,7,10H2,(H,19,23). The fourth-order valence-electron chi connectivity index (χ4n) is 5.69. The molecular formula is C37H31ClN8O5. The van der Waals surface area contributed by atoms with E-state index in [0.717, 1.165) is 33.1 Å². The van der Waals surface area contributed by atoms with Gasteiger partial charge in [0.2, 0.25) is 12.7 Å². The van der Waals surface area contributed by atoms with Crippen molar-refractivity contribution < 1.29 is 19.1 Å². The number of fused-ring (bicyclic) bond motifs is 4. The molecule has 8 rings (SSSR count). The second kappa shape index (κ2) is 14.6. The summed E-state index contributed by atoms with van der Waals surface area (Å²) in [7, 11) is 0. The van der Waals surface area contributed by atoms with E-state index in [2.05, 4.69) is 31.0 Å². The Bertz CT molecular complexity index is 2420. The molecule has 4 aromatic carbocycles. The normalized spacial score (nSPS) is 11.6. The largest absolute Gasteiger partial charge is 0.454 e. The molecule has 4 heterocycles. The van der Waals surface area contributed by atoms with Crippen molar-refractivity contribution in [3.63, 3.8) is 0 Å². The first-order valence-electron chi connectivity index (χ1n) is 15.9. The van der Waals surface area contributed by atoms with Gasteiger partial charge in [0.25, 0.3) is 11.5 Å². The third-order valence-electron chi connectivity index (χ3n) is 8.30. The van der Waals surface area contributed by atoms with Gasteiger partial charge in [0, 0.05) is 35.1 Å². The first kappa shape index (κ1) is 33.0. The molecule has 0 radical (unpaired) electrons. The Labute approximate surface area is 295 Å². The number of para-hydroxylation sites is 1. The SMILES string of the molecule is Cc1ccc(CNC(=O)Cn2c3ccccc3c3cn[nH]c(=O)c32)cc1.O=C(NCc1ccc2c(c1)OCO2)c1cc(-n2cnnc2)ccc1Cl. The third kappa shape index (κ3) is 7.28. The number of amides is 2. The number of nitrogens with one attached hydrogen (secondary N) is 3. The van der Waals surface area contributed by atoms with Gasteiger partial charge in [-0.2, -0.15) is 5.10 Å². The summed E-state index contributed by atoms with van der Waals surface area (Å²) < 4.78 is 14.1. The maximum absolute atomic E-state index is 12.5. The second-order valence-corrected chi connectivity index (χ2v) is 12.1. The van der Waals surface area contributed by atoms with Crippen molar-refractivity contribution in [3.05, 3.63) is 141 Å². The van der Waals surface area contributed by atoms with Crippen molar-refractivity contribution in [3.8, 4) is 17.2 Å². The highest BCUT2D eigenvalue weighted by molar-refractivity contribution is 6.33. The fourth-order valence-corrected chi connectivity index (χ4v) is 5.90. The van der Waals surface area contributed by atoms with E-state index in [0.29, 0.717) is 40.7 Å². The Hall–Kier alpha value is -6.47. The van der Waals surface area contributed by atoms with Crippen LogP contribution in [0.4, 0.5) is 0 Å². The van der Waals surface area contributed by atoms with Gasteiger partial charge in [-0.05, 0) is 54.4 Å². The molecule has 0 aliphatic carbocycles. The van der Waals surface area contributed by atoms with Gasteiger partial charge in [-0.25, -0.2) is 5.10 Å². The van der Waals surface area contributed by atoms with Gasteiger partial charge in [-0.3, -0.25) is 19.0 Å². The summed E-state index contributed by atoms with van der Waals surface area (Å²) in [5.41, 5.74) is 5.26. The molecule has 0 unspecified atom stereocenters. The van der Waals surface area contributed by atoms with E-state index in [-0.39, 0.29) is 30.7 Å². The molecule has 256 valence electrons. The first-order chi connectivity index (χ1) is 24.8. The number of halogens is 1. The first-order valence-corrected chi connectivity index (χ1v) is 16.3. The predicted molar refractivity (Wildman–Crippen MR) is 191 cm³/mol. The Kier molecular flexibility index (Phi) is 9.44. The van der Waals surface area contributed by atoms with Crippen LogP contribution in [0.2, 0.25) is 5.02 Å². The van der Waals surface area contributed by atoms with Crippen molar-refractivity contribution in [1.29, 1.82) is 0 Å². The molecule has 14 heteroatoms. The average molecular weight is 703 g/mol. The van der Waals surface area contributed by atoms with Gasteiger partial charge in [-0.15, -0.1) is 10.2 Å². The molecule has 0 saturated carbocycles. The average Bonchev–Trinajstić information content (AvgIpc) is 3.92. The van der Waals surface area contributed by atoms with Crippen molar-refractivity contribution in [1.82, 2.24) is 40.2 Å². The van der Waals surface area contributed by atoms with Crippen LogP contribution in [0.25, 0.3) is 27.5 Å². The van der Waals surface area contributed by atoms with Crippen LogP contribution < -0.4 is 25.7 Å². The third-order valence-corrected chi connectivity index (χ3v) is 8.63. The van der Waals surface area contributed by atoms with Crippen molar-refractivity contribution in [2.45, 2.75) is 26.6 Å². The number of hydrogen-bond acceptors (Lipinski definition) is 8. The lowest BCUT2D eigenvalue weighted by atomic mass is 10.1. The number of carbonyl (C=O) groups excluding carboxylic acids is 2. The predicted octanol–water partition coefficient (Wildman–Crippen LogP) is 5.08. The molecule has 0 spiro atoms. The minimum absolute atomic E-state index is 0.0724. The van der Waals surface area contributed by atoms with Gasteiger partial charge >= 0.3 is 0 Å². The summed E-state index contributed by atoms with van der Waals surface area (Å²) in [5, 5.41) is 21.7. The molecule has 3 N–H and O–H groups in total. The van der Waals surface area contributed by atoms with E-state index in [9.17, 15) is 14.4 Å². The highest BCUT2D eigenvalue weighted by Gasteiger charge is 2.17. The van der Waals surface area contributed by atoms with Crippen LogP contribution in [-0.2, 0) is 24.4 Å². The zero-order chi connectivity index (χ0) is 35.3. The zero-order valence-corrected chi connectivity index (χ0v) is 28.1. The number of hydrogen-bond donors (Lipinski definition) is 3. The van der Waals surface area contributed by atoms with Crippen LogP contribution in [0.3, 0.4) is 0 Å². The van der Waals surface area contributed by atoms with E-state index in [1.807, 2.05) is 73.7 Å². The quantitative estimate of drug-likeness (QED) is 0.198. The number of nitrogens with zero attached hydrogens (tertiary/aromatic N) is 5. The molecule has 0 fully saturated rings. The summed E-state index contributed by atoms with van der Waals surface area (Å²) in [5.74, 6) is 0.973. The Morgan fingerprint density at radius 1 is 0.863 bits per heavy atom. The monoisotopic (exact) mass is 702 g/mol. The van der Waals surface area contributed by atoms with Crippen LogP contribution in [0.15, 0.2) is 109 Å². The van der Waals surface area contributed by atoms with Crippen LogP contribution in [0.5, 0.6) is 11.5 Å². The Morgan fingerprint density at radius 2 is 1.61 bits per heavy atom. The van der Waals surface area contributed by atoms with Crippen LogP contribution in [0, 0.1) is 6.92 Å². The molecule has 1 aliphatic heterocycles. The van der Waals surface area contributed by atoms with Gasteiger partial charge in [0.15, 0.2) is 11.5 Å². The van der Waals surface area contributed by atoms with Crippen LogP contribution in [0.1, 0.15) is 27.0 Å². The number of aromatic amines is 1.